The summed E-state index contributed by atoms with van der Waals surface area (Å²) in [7, 11) is 0. The summed E-state index contributed by atoms with van der Waals surface area (Å²) in [6.07, 6.45) is 1.40. The fourth-order valence-electron chi connectivity index (χ4n) is 3.38. The van der Waals surface area contributed by atoms with Crippen molar-refractivity contribution in [3.05, 3.63) is 65.6 Å². The highest BCUT2D eigenvalue weighted by molar-refractivity contribution is 6.06. The zero-order chi connectivity index (χ0) is 16.7. The van der Waals surface area contributed by atoms with Crippen molar-refractivity contribution in [1.82, 2.24) is 15.1 Å². The summed E-state index contributed by atoms with van der Waals surface area (Å²) in [4.78, 5) is 14.7. The van der Waals surface area contributed by atoms with Gasteiger partial charge in [-0.05, 0) is 36.2 Å². The van der Waals surface area contributed by atoms with Gasteiger partial charge in [-0.2, -0.15) is 5.10 Å². The number of carbonyl (C=O) groups is 1. The number of aliphatic hydroxyl groups is 1. The molecule has 1 aromatic heterocycles. The van der Waals surface area contributed by atoms with Crippen LogP contribution in [0, 0.1) is 5.82 Å². The first-order chi connectivity index (χ1) is 11.6. The first-order valence-corrected chi connectivity index (χ1v) is 7.80. The van der Waals surface area contributed by atoms with E-state index in [0.717, 1.165) is 10.9 Å². The van der Waals surface area contributed by atoms with Crippen LogP contribution in [-0.4, -0.2) is 38.8 Å². The first-order valence-electron chi connectivity index (χ1n) is 7.80. The molecule has 1 aliphatic heterocycles. The number of aliphatic hydroxyl groups excluding tert-OH is 1. The summed E-state index contributed by atoms with van der Waals surface area (Å²) in [5, 5.41) is 17.6. The number of H-pyrrole nitrogens is 1. The van der Waals surface area contributed by atoms with Gasteiger partial charge in [0.05, 0.1) is 29.4 Å². The molecule has 1 fully saturated rings. The van der Waals surface area contributed by atoms with Crippen molar-refractivity contribution in [2.45, 2.75) is 18.6 Å². The molecule has 2 aromatic carbocycles. The Morgan fingerprint density at radius 2 is 2.12 bits per heavy atom. The second-order valence-electron chi connectivity index (χ2n) is 6.05. The number of nitrogens with zero attached hydrogens (tertiary/aromatic N) is 2. The summed E-state index contributed by atoms with van der Waals surface area (Å²) >= 11 is 0. The summed E-state index contributed by atoms with van der Waals surface area (Å²) in [6.45, 7) is 0.230. The van der Waals surface area contributed by atoms with Crippen LogP contribution in [-0.2, 0) is 0 Å². The zero-order valence-corrected chi connectivity index (χ0v) is 12.8. The average molecular weight is 325 g/mol. The lowest BCUT2D eigenvalue weighted by Crippen LogP contribution is -2.31. The number of fused-ring (bicyclic) bond motifs is 1. The maximum atomic E-state index is 13.6. The van der Waals surface area contributed by atoms with Crippen LogP contribution in [0.15, 0.2) is 48.7 Å². The molecule has 5 nitrogen and oxygen atoms in total. The van der Waals surface area contributed by atoms with Crippen molar-refractivity contribution in [3.63, 3.8) is 0 Å². The second-order valence-corrected chi connectivity index (χ2v) is 6.05. The third-order valence-corrected chi connectivity index (χ3v) is 4.49. The number of carbonyl (C=O) groups excluding carboxylic acids is 1. The van der Waals surface area contributed by atoms with Crippen LogP contribution in [0.4, 0.5) is 4.39 Å². The van der Waals surface area contributed by atoms with Gasteiger partial charge in [-0.3, -0.25) is 9.89 Å². The molecule has 0 saturated carbocycles. The van der Waals surface area contributed by atoms with Crippen molar-refractivity contribution >= 4 is 16.8 Å². The molecule has 0 radical (unpaired) electrons. The molecule has 1 saturated heterocycles. The number of hydrogen-bond donors (Lipinski definition) is 2. The van der Waals surface area contributed by atoms with Gasteiger partial charge in [-0.25, -0.2) is 4.39 Å². The van der Waals surface area contributed by atoms with E-state index >= 15 is 0 Å². The molecule has 1 aliphatic rings. The minimum Gasteiger partial charge on any atom is -0.391 e. The molecule has 24 heavy (non-hydrogen) atoms. The SMILES string of the molecule is O=C(c1cccc2[nH]ncc12)N1CC(O)CC1c1cccc(F)c1. The van der Waals surface area contributed by atoms with Crippen LogP contribution in [0.5, 0.6) is 0 Å². The van der Waals surface area contributed by atoms with Crippen LogP contribution in [0.25, 0.3) is 10.9 Å². The number of aromatic nitrogens is 2. The molecular formula is C18H16FN3O2. The van der Waals surface area contributed by atoms with Gasteiger partial charge in [0, 0.05) is 11.9 Å². The largest absolute Gasteiger partial charge is 0.391 e. The predicted octanol–water partition coefficient (Wildman–Crippen LogP) is 2.65. The number of hydrogen-bond acceptors (Lipinski definition) is 3. The fraction of sp³-hybridized carbons (Fsp3) is 0.222. The van der Waals surface area contributed by atoms with E-state index in [9.17, 15) is 14.3 Å². The van der Waals surface area contributed by atoms with E-state index in [1.807, 2.05) is 6.07 Å². The Kier molecular flexibility index (Phi) is 3.54. The van der Waals surface area contributed by atoms with E-state index in [2.05, 4.69) is 10.2 Å². The Bertz CT molecular complexity index is 908. The molecule has 3 aromatic rings. The lowest BCUT2D eigenvalue weighted by Gasteiger charge is -2.25. The van der Waals surface area contributed by atoms with E-state index in [0.29, 0.717) is 17.5 Å². The first kappa shape index (κ1) is 14.8. The normalized spacial score (nSPS) is 20.7. The number of likely N-dealkylation sites (tertiary alicyclic amines) is 1. The third-order valence-electron chi connectivity index (χ3n) is 4.49. The van der Waals surface area contributed by atoms with Gasteiger partial charge in [-0.15, -0.1) is 0 Å². The van der Waals surface area contributed by atoms with E-state index in [4.69, 9.17) is 0 Å². The minimum atomic E-state index is -0.620. The second kappa shape index (κ2) is 5.72. The lowest BCUT2D eigenvalue weighted by atomic mass is 10.0. The van der Waals surface area contributed by atoms with Crippen molar-refractivity contribution in [2.24, 2.45) is 0 Å². The molecule has 2 atom stereocenters. The van der Waals surface area contributed by atoms with E-state index < -0.39 is 6.10 Å². The van der Waals surface area contributed by atoms with Gasteiger partial charge in [0.15, 0.2) is 0 Å². The summed E-state index contributed by atoms with van der Waals surface area (Å²) in [5.41, 5.74) is 2.00. The molecule has 122 valence electrons. The van der Waals surface area contributed by atoms with Gasteiger partial charge in [0.2, 0.25) is 0 Å². The Morgan fingerprint density at radius 1 is 1.29 bits per heavy atom. The molecule has 0 bridgehead atoms. The maximum Gasteiger partial charge on any atom is 0.255 e. The lowest BCUT2D eigenvalue weighted by molar-refractivity contribution is 0.0717. The molecule has 4 rings (SSSR count). The topological polar surface area (TPSA) is 69.2 Å². The fourth-order valence-corrected chi connectivity index (χ4v) is 3.38. The number of aromatic amines is 1. The van der Waals surface area contributed by atoms with Crippen LogP contribution in [0.2, 0.25) is 0 Å². The van der Waals surface area contributed by atoms with E-state index in [-0.39, 0.29) is 24.3 Å². The molecule has 0 aliphatic carbocycles. The summed E-state index contributed by atoms with van der Waals surface area (Å²) < 4.78 is 13.6. The molecule has 2 heterocycles. The standard InChI is InChI=1S/C18H16FN3O2/c19-12-4-1-3-11(7-12)17-8-13(23)10-22(17)18(24)14-5-2-6-16-15(14)9-20-21-16/h1-7,9,13,17,23H,8,10H2,(H,20,21). The number of amides is 1. The maximum absolute atomic E-state index is 13.6. The highest BCUT2D eigenvalue weighted by Crippen LogP contribution is 2.34. The third kappa shape index (κ3) is 2.45. The van der Waals surface area contributed by atoms with Crippen LogP contribution in [0.3, 0.4) is 0 Å². The van der Waals surface area contributed by atoms with Gasteiger partial charge < -0.3 is 10.0 Å². The van der Waals surface area contributed by atoms with Crippen molar-refractivity contribution < 1.29 is 14.3 Å². The van der Waals surface area contributed by atoms with E-state index in [1.54, 1.807) is 35.4 Å². The Labute approximate surface area is 137 Å². The number of benzene rings is 2. The Hall–Kier alpha value is -2.73. The quantitative estimate of drug-likeness (QED) is 0.761. The van der Waals surface area contributed by atoms with Crippen LogP contribution >= 0.6 is 0 Å². The van der Waals surface area contributed by atoms with Gasteiger partial charge in [0.25, 0.3) is 5.91 Å². The van der Waals surface area contributed by atoms with E-state index in [1.165, 1.54) is 12.1 Å². The molecule has 6 heteroatoms. The molecule has 1 amide bonds. The monoisotopic (exact) mass is 325 g/mol. The molecule has 0 spiro atoms. The summed E-state index contributed by atoms with van der Waals surface area (Å²) in [5.74, 6) is -0.536. The number of β-amino-alcohol motifs (C(OH)–C–C–N with tert-alkyl or cyclic N) is 1. The number of rotatable bonds is 2. The van der Waals surface area contributed by atoms with Gasteiger partial charge >= 0.3 is 0 Å². The van der Waals surface area contributed by atoms with Gasteiger partial charge in [-0.1, -0.05) is 18.2 Å². The number of nitrogens with one attached hydrogen (secondary N) is 1. The highest BCUT2D eigenvalue weighted by Gasteiger charge is 2.36. The molecule has 2 N–H and O–H groups in total. The van der Waals surface area contributed by atoms with Crippen molar-refractivity contribution in [1.29, 1.82) is 0 Å². The van der Waals surface area contributed by atoms with Crippen LogP contribution in [0.1, 0.15) is 28.4 Å². The number of halogens is 1. The smallest absolute Gasteiger partial charge is 0.255 e. The average Bonchev–Trinajstić information content (AvgIpc) is 3.20. The van der Waals surface area contributed by atoms with Crippen molar-refractivity contribution in [2.75, 3.05) is 6.54 Å². The van der Waals surface area contributed by atoms with Crippen LogP contribution < -0.4 is 0 Å². The Balaban J connectivity index is 1.73. The molecular weight excluding hydrogens is 309 g/mol. The zero-order valence-electron chi connectivity index (χ0n) is 12.8. The predicted molar refractivity (Wildman–Crippen MR) is 86.9 cm³/mol. The Morgan fingerprint density at radius 3 is 2.96 bits per heavy atom. The molecule has 2 unspecified atom stereocenters. The minimum absolute atomic E-state index is 0.187. The highest BCUT2D eigenvalue weighted by atomic mass is 19.1. The van der Waals surface area contributed by atoms with Crippen molar-refractivity contribution in [3.8, 4) is 0 Å². The van der Waals surface area contributed by atoms with Gasteiger partial charge in [0.1, 0.15) is 5.82 Å². The summed E-state index contributed by atoms with van der Waals surface area (Å²) in [6, 6.07) is 11.2.